The van der Waals surface area contributed by atoms with E-state index < -0.39 is 0 Å². The van der Waals surface area contributed by atoms with Gasteiger partial charge < -0.3 is 19.9 Å². The normalized spacial score (nSPS) is 33.0. The molecule has 3 aliphatic heterocycles. The van der Waals surface area contributed by atoms with Crippen LogP contribution in [0.2, 0.25) is 0 Å². The Morgan fingerprint density at radius 1 is 1.03 bits per heavy atom. The number of ether oxygens (including phenoxy) is 1. The Kier molecular flexibility index (Phi) is 7.82. The lowest BCUT2D eigenvalue weighted by Crippen LogP contribution is -2.52. The second-order valence-corrected chi connectivity index (χ2v) is 12.2. The molecule has 8 nitrogen and oxygen atoms in total. The largest absolute Gasteiger partial charge is 0.462 e. The number of hydrogen-bond acceptors (Lipinski definition) is 8. The summed E-state index contributed by atoms with van der Waals surface area (Å²) in [7, 11) is 2.19. The van der Waals surface area contributed by atoms with E-state index in [0.29, 0.717) is 31.1 Å². The van der Waals surface area contributed by atoms with Crippen molar-refractivity contribution >= 4 is 5.82 Å². The predicted molar refractivity (Wildman–Crippen MR) is 145 cm³/mol. The average Bonchev–Trinajstić information content (AvgIpc) is 3.35. The van der Waals surface area contributed by atoms with Gasteiger partial charge in [-0.3, -0.25) is 4.90 Å². The van der Waals surface area contributed by atoms with E-state index in [1.165, 1.54) is 69.0 Å². The van der Waals surface area contributed by atoms with E-state index in [-0.39, 0.29) is 6.04 Å². The minimum Gasteiger partial charge on any atom is -0.462 e. The van der Waals surface area contributed by atoms with E-state index in [0.717, 1.165) is 63.3 Å². The van der Waals surface area contributed by atoms with E-state index in [1.807, 2.05) is 0 Å². The van der Waals surface area contributed by atoms with Gasteiger partial charge in [0.1, 0.15) is 12.4 Å². The minimum atomic E-state index is 0.187. The van der Waals surface area contributed by atoms with Gasteiger partial charge in [-0.05, 0) is 57.5 Å². The van der Waals surface area contributed by atoms with Gasteiger partial charge in [0.05, 0.1) is 18.2 Å². The maximum atomic E-state index is 9.28. The van der Waals surface area contributed by atoms with Crippen LogP contribution in [0.15, 0.2) is 0 Å². The highest BCUT2D eigenvalue weighted by molar-refractivity contribution is 5.52. The number of anilines is 1. The lowest BCUT2D eigenvalue weighted by atomic mass is 9.67. The summed E-state index contributed by atoms with van der Waals surface area (Å²) in [6, 6.07) is 4.24. The topological polar surface area (TPSA) is 80.5 Å². The zero-order chi connectivity index (χ0) is 25.2. The first-order valence-corrected chi connectivity index (χ1v) is 15.0. The Bertz CT molecular complexity index is 978. The molecule has 1 aromatic rings. The maximum absolute atomic E-state index is 9.28. The van der Waals surface area contributed by atoms with Crippen molar-refractivity contribution in [3.63, 3.8) is 0 Å². The molecule has 4 heterocycles. The van der Waals surface area contributed by atoms with Crippen LogP contribution in [-0.4, -0.2) is 84.3 Å². The molecule has 3 unspecified atom stereocenters. The molecule has 0 bridgehead atoms. The molecule has 8 heteroatoms. The van der Waals surface area contributed by atoms with Gasteiger partial charge in [0, 0.05) is 56.4 Å². The van der Waals surface area contributed by atoms with Gasteiger partial charge in [-0.1, -0.05) is 32.1 Å². The van der Waals surface area contributed by atoms with Gasteiger partial charge in [0.25, 0.3) is 0 Å². The molecule has 5 aliphatic rings. The summed E-state index contributed by atoms with van der Waals surface area (Å²) in [5, 5.41) is 12.8. The third kappa shape index (κ3) is 5.46. The summed E-state index contributed by atoms with van der Waals surface area (Å²) in [5.41, 5.74) is 2.49. The Labute approximate surface area is 222 Å². The quantitative estimate of drug-likeness (QED) is 0.628. The van der Waals surface area contributed by atoms with E-state index in [4.69, 9.17) is 14.7 Å². The zero-order valence-electron chi connectivity index (χ0n) is 22.7. The number of aromatic nitrogens is 2. The first-order chi connectivity index (χ1) is 18.2. The molecule has 2 saturated heterocycles. The lowest BCUT2D eigenvalue weighted by Gasteiger charge is -2.47. The van der Waals surface area contributed by atoms with Crippen LogP contribution in [0.1, 0.15) is 75.5 Å². The van der Waals surface area contributed by atoms with Gasteiger partial charge in [-0.15, -0.1) is 0 Å². The lowest BCUT2D eigenvalue weighted by molar-refractivity contribution is 0.0317. The molecular weight excluding hydrogens is 462 g/mol. The number of nitrogens with one attached hydrogen (secondary N) is 1. The van der Waals surface area contributed by atoms with Crippen molar-refractivity contribution in [1.82, 2.24) is 25.1 Å². The highest BCUT2D eigenvalue weighted by atomic mass is 16.5. The van der Waals surface area contributed by atoms with Gasteiger partial charge in [0.15, 0.2) is 0 Å². The molecule has 2 saturated carbocycles. The van der Waals surface area contributed by atoms with Crippen molar-refractivity contribution < 1.29 is 4.74 Å². The van der Waals surface area contributed by atoms with Gasteiger partial charge in [0.2, 0.25) is 0 Å². The molecule has 1 aromatic heterocycles. The zero-order valence-corrected chi connectivity index (χ0v) is 22.7. The van der Waals surface area contributed by atoms with Crippen molar-refractivity contribution in [2.24, 2.45) is 11.8 Å². The number of nitriles is 1. The van der Waals surface area contributed by atoms with E-state index in [1.54, 1.807) is 0 Å². The van der Waals surface area contributed by atoms with Crippen LogP contribution >= 0.6 is 0 Å². The summed E-state index contributed by atoms with van der Waals surface area (Å²) in [6.45, 7) is 6.44. The van der Waals surface area contributed by atoms with E-state index in [2.05, 4.69) is 33.1 Å². The minimum absolute atomic E-state index is 0.187. The monoisotopic (exact) mass is 507 g/mol. The molecule has 0 aromatic carbocycles. The van der Waals surface area contributed by atoms with Crippen molar-refractivity contribution in [2.45, 2.75) is 95.3 Å². The second kappa shape index (κ2) is 11.4. The van der Waals surface area contributed by atoms with Crippen LogP contribution in [0.5, 0.6) is 6.01 Å². The third-order valence-corrected chi connectivity index (χ3v) is 10.0. The Hall–Kier alpha value is -1.95. The van der Waals surface area contributed by atoms with Crippen molar-refractivity contribution in [2.75, 3.05) is 51.3 Å². The summed E-state index contributed by atoms with van der Waals surface area (Å²) in [4.78, 5) is 17.7. The Morgan fingerprint density at radius 2 is 1.92 bits per heavy atom. The SMILES string of the molecule is CN1CCC[C@H]1COc1nc2c(c(N3CCN[C@@H](CC#N)C3)n1)CCN(C1CCCC3CCCCC31)C2. The summed E-state index contributed by atoms with van der Waals surface area (Å²) >= 11 is 0. The summed E-state index contributed by atoms with van der Waals surface area (Å²) in [6.07, 6.45) is 13.8. The number of rotatable bonds is 6. The summed E-state index contributed by atoms with van der Waals surface area (Å²) < 4.78 is 6.32. The molecule has 6 rings (SSSR count). The van der Waals surface area contributed by atoms with Gasteiger partial charge >= 0.3 is 6.01 Å². The number of piperazine rings is 1. The number of fused-ring (bicyclic) bond motifs is 2. The van der Waals surface area contributed by atoms with Crippen LogP contribution in [0, 0.1) is 23.2 Å². The van der Waals surface area contributed by atoms with Crippen LogP contribution < -0.4 is 15.0 Å². The number of likely N-dealkylation sites (N-methyl/N-ethyl adjacent to an activating group) is 1. The highest BCUT2D eigenvalue weighted by Gasteiger charge is 2.39. The molecule has 0 radical (unpaired) electrons. The molecule has 0 amide bonds. The van der Waals surface area contributed by atoms with Crippen molar-refractivity contribution in [3.8, 4) is 12.1 Å². The molecule has 4 fully saturated rings. The van der Waals surface area contributed by atoms with Gasteiger partial charge in [-0.25, -0.2) is 0 Å². The van der Waals surface area contributed by atoms with Crippen LogP contribution in [0.3, 0.4) is 0 Å². The average molecular weight is 508 g/mol. The summed E-state index contributed by atoms with van der Waals surface area (Å²) in [5.74, 6) is 2.87. The number of nitrogens with zero attached hydrogens (tertiary/aromatic N) is 6. The smallest absolute Gasteiger partial charge is 0.318 e. The fourth-order valence-electron chi connectivity index (χ4n) is 8.00. The Balaban J connectivity index is 1.25. The molecule has 37 heavy (non-hydrogen) atoms. The highest BCUT2D eigenvalue weighted by Crippen LogP contribution is 2.44. The van der Waals surface area contributed by atoms with Crippen LogP contribution in [-0.2, 0) is 13.0 Å². The fourth-order valence-corrected chi connectivity index (χ4v) is 8.00. The standard InChI is InChI=1S/C29H45N7O/c1-34-15-5-8-23(34)20-37-29-32-26-19-35(27-10-4-7-21-6-2-3-9-24(21)27)16-12-25(26)28(33-29)36-17-14-31-22(18-36)11-13-30/h21-24,27,31H,2-12,14-20H2,1H3/t21?,22-,23-,24?,27?/m0/s1. The molecule has 5 atom stereocenters. The molecule has 1 N–H and O–H groups in total. The Morgan fingerprint density at radius 3 is 2.78 bits per heavy atom. The third-order valence-electron chi connectivity index (χ3n) is 10.0. The first kappa shape index (κ1) is 25.3. The van der Waals surface area contributed by atoms with E-state index in [9.17, 15) is 5.26 Å². The van der Waals surface area contributed by atoms with Crippen molar-refractivity contribution in [3.05, 3.63) is 11.3 Å². The predicted octanol–water partition coefficient (Wildman–Crippen LogP) is 3.36. The number of hydrogen-bond donors (Lipinski definition) is 1. The molecule has 2 aliphatic carbocycles. The fraction of sp³-hybridized carbons (Fsp3) is 0.828. The van der Waals surface area contributed by atoms with Crippen LogP contribution in [0.4, 0.5) is 5.82 Å². The van der Waals surface area contributed by atoms with Gasteiger partial charge in [-0.2, -0.15) is 15.2 Å². The molecular formula is C29H45N7O. The first-order valence-electron chi connectivity index (χ1n) is 15.0. The molecule has 0 spiro atoms. The molecule has 202 valence electrons. The van der Waals surface area contributed by atoms with Crippen molar-refractivity contribution in [1.29, 1.82) is 5.26 Å². The van der Waals surface area contributed by atoms with Crippen LogP contribution in [0.25, 0.3) is 0 Å². The maximum Gasteiger partial charge on any atom is 0.318 e. The number of likely N-dealkylation sites (tertiary alicyclic amines) is 1. The van der Waals surface area contributed by atoms with E-state index >= 15 is 0 Å². The second-order valence-electron chi connectivity index (χ2n) is 12.2.